The number of hydrogen-bond acceptors (Lipinski definition) is 4. The quantitative estimate of drug-likeness (QED) is 0.562. The molecule has 0 aliphatic heterocycles. The molecule has 0 spiro atoms. The second-order valence-corrected chi connectivity index (χ2v) is 5.57. The third-order valence-corrected chi connectivity index (χ3v) is 3.59. The molecule has 0 bridgehead atoms. The molecular weight excluding hydrogens is 332 g/mol. The molecule has 2 aromatic rings. The second kappa shape index (κ2) is 10.1. The molecule has 0 aromatic heterocycles. The van der Waals surface area contributed by atoms with Crippen molar-refractivity contribution in [3.05, 3.63) is 59.7 Å². The summed E-state index contributed by atoms with van der Waals surface area (Å²) in [6.45, 7) is 5.00. The van der Waals surface area contributed by atoms with Crippen molar-refractivity contribution in [2.24, 2.45) is 0 Å². The Balaban J connectivity index is 2.01. The van der Waals surface area contributed by atoms with Crippen LogP contribution in [0.15, 0.2) is 48.5 Å². The fourth-order valence-corrected chi connectivity index (χ4v) is 2.21. The number of ether oxygens (including phenoxy) is 2. The van der Waals surface area contributed by atoms with Gasteiger partial charge in [-0.25, -0.2) is 0 Å². The van der Waals surface area contributed by atoms with Crippen LogP contribution in [0.4, 0.5) is 0 Å². The minimum atomic E-state index is -0.435. The molecule has 2 aromatic carbocycles. The Kier molecular flexibility index (Phi) is 7.49. The third kappa shape index (κ3) is 5.51. The minimum Gasteiger partial charge on any atom is -0.490 e. The number of carbonyl (C=O) groups excluding carboxylic acids is 2. The smallest absolute Gasteiger partial charge is 0.269 e. The van der Waals surface area contributed by atoms with Crippen molar-refractivity contribution < 1.29 is 19.1 Å². The van der Waals surface area contributed by atoms with Gasteiger partial charge in [0.15, 0.2) is 11.5 Å². The summed E-state index contributed by atoms with van der Waals surface area (Å²) in [7, 11) is 0. The molecule has 0 unspecified atom stereocenters. The van der Waals surface area contributed by atoms with Gasteiger partial charge < -0.3 is 9.47 Å². The second-order valence-electron chi connectivity index (χ2n) is 5.57. The Bertz CT molecular complexity index is 732. The van der Waals surface area contributed by atoms with Gasteiger partial charge in [-0.2, -0.15) is 0 Å². The van der Waals surface area contributed by atoms with Crippen molar-refractivity contribution in [3.63, 3.8) is 0 Å². The highest BCUT2D eigenvalue weighted by molar-refractivity contribution is 5.99. The van der Waals surface area contributed by atoms with Crippen LogP contribution in [0.5, 0.6) is 11.5 Å². The van der Waals surface area contributed by atoms with E-state index in [1.165, 1.54) is 0 Å². The Hall–Kier alpha value is -3.02. The summed E-state index contributed by atoms with van der Waals surface area (Å²) in [4.78, 5) is 24.3. The van der Waals surface area contributed by atoms with E-state index in [0.717, 1.165) is 12.8 Å². The normalized spacial score (nSPS) is 10.1. The van der Waals surface area contributed by atoms with Gasteiger partial charge in [0.1, 0.15) is 0 Å². The maximum atomic E-state index is 12.3. The van der Waals surface area contributed by atoms with Crippen LogP contribution in [0.3, 0.4) is 0 Å². The van der Waals surface area contributed by atoms with E-state index in [-0.39, 0.29) is 5.91 Å². The van der Waals surface area contributed by atoms with Crippen LogP contribution in [0, 0.1) is 0 Å². The zero-order valence-electron chi connectivity index (χ0n) is 15.1. The van der Waals surface area contributed by atoms with Crippen molar-refractivity contribution in [2.75, 3.05) is 13.2 Å². The predicted octanol–water partition coefficient (Wildman–Crippen LogP) is 3.34. The van der Waals surface area contributed by atoms with E-state index in [1.54, 1.807) is 42.5 Å². The number of hydrogen-bond donors (Lipinski definition) is 2. The third-order valence-electron chi connectivity index (χ3n) is 3.59. The Morgan fingerprint density at radius 2 is 1.54 bits per heavy atom. The fourth-order valence-electron chi connectivity index (χ4n) is 2.21. The molecule has 0 saturated heterocycles. The monoisotopic (exact) mass is 356 g/mol. The molecule has 0 saturated carbocycles. The molecular formula is C20H24N2O4. The zero-order chi connectivity index (χ0) is 18.8. The number of amides is 2. The number of carbonyl (C=O) groups is 2. The van der Waals surface area contributed by atoms with E-state index >= 15 is 0 Å². The lowest BCUT2D eigenvalue weighted by molar-refractivity contribution is 0.0846. The summed E-state index contributed by atoms with van der Waals surface area (Å²) < 4.78 is 11.3. The average Bonchev–Trinajstić information content (AvgIpc) is 2.68. The molecule has 26 heavy (non-hydrogen) atoms. The van der Waals surface area contributed by atoms with Crippen LogP contribution in [0.25, 0.3) is 0 Å². The first-order chi connectivity index (χ1) is 12.7. The van der Waals surface area contributed by atoms with Crippen molar-refractivity contribution in [2.45, 2.75) is 26.7 Å². The van der Waals surface area contributed by atoms with Crippen molar-refractivity contribution in [1.29, 1.82) is 0 Å². The van der Waals surface area contributed by atoms with Gasteiger partial charge in [-0.1, -0.05) is 31.5 Å². The minimum absolute atomic E-state index is 0.365. The molecule has 2 rings (SSSR count). The largest absolute Gasteiger partial charge is 0.490 e. The van der Waals surface area contributed by atoms with Crippen molar-refractivity contribution in [3.8, 4) is 11.5 Å². The molecule has 0 atom stereocenters. The molecule has 0 radical (unpaired) electrons. The van der Waals surface area contributed by atoms with E-state index < -0.39 is 5.91 Å². The first-order valence-electron chi connectivity index (χ1n) is 8.71. The molecule has 6 heteroatoms. The summed E-state index contributed by atoms with van der Waals surface area (Å²) in [5.74, 6) is 0.287. The van der Waals surface area contributed by atoms with Crippen LogP contribution in [0.2, 0.25) is 0 Å². The number of benzene rings is 2. The lowest BCUT2D eigenvalue weighted by atomic mass is 10.2. The highest BCUT2D eigenvalue weighted by Gasteiger charge is 2.13. The summed E-state index contributed by atoms with van der Waals surface area (Å²) in [5, 5.41) is 0. The summed E-state index contributed by atoms with van der Waals surface area (Å²) >= 11 is 0. The fraction of sp³-hybridized carbons (Fsp3) is 0.300. The van der Waals surface area contributed by atoms with Gasteiger partial charge >= 0.3 is 0 Å². The molecule has 0 heterocycles. The molecule has 0 aliphatic carbocycles. The number of unbranched alkanes of at least 4 members (excludes halogenated alkanes) is 1. The highest BCUT2D eigenvalue weighted by Crippen LogP contribution is 2.28. The van der Waals surface area contributed by atoms with Crippen LogP contribution >= 0.6 is 0 Å². The Morgan fingerprint density at radius 1 is 0.846 bits per heavy atom. The SMILES string of the molecule is CCCCOc1ccc(C(=O)NNC(=O)c2ccccc2)cc1OCC. The molecule has 0 fully saturated rings. The number of rotatable bonds is 8. The van der Waals surface area contributed by atoms with Crippen molar-refractivity contribution >= 4 is 11.8 Å². The first kappa shape index (κ1) is 19.3. The zero-order valence-corrected chi connectivity index (χ0v) is 15.1. The molecule has 2 amide bonds. The van der Waals surface area contributed by atoms with Gasteiger partial charge in [-0.05, 0) is 43.7 Å². The van der Waals surface area contributed by atoms with E-state index in [2.05, 4.69) is 17.8 Å². The van der Waals surface area contributed by atoms with Gasteiger partial charge in [-0.3, -0.25) is 20.4 Å². The Labute approximate surface area is 153 Å². The van der Waals surface area contributed by atoms with E-state index in [4.69, 9.17) is 9.47 Å². The van der Waals surface area contributed by atoms with Gasteiger partial charge in [-0.15, -0.1) is 0 Å². The average molecular weight is 356 g/mol. The highest BCUT2D eigenvalue weighted by atomic mass is 16.5. The number of nitrogens with one attached hydrogen (secondary N) is 2. The van der Waals surface area contributed by atoms with E-state index in [0.29, 0.717) is 35.8 Å². The molecule has 138 valence electrons. The maximum Gasteiger partial charge on any atom is 0.269 e. The van der Waals surface area contributed by atoms with Gasteiger partial charge in [0.05, 0.1) is 13.2 Å². The molecule has 0 aliphatic rings. The first-order valence-corrected chi connectivity index (χ1v) is 8.71. The van der Waals surface area contributed by atoms with Gasteiger partial charge in [0.25, 0.3) is 11.8 Å². The van der Waals surface area contributed by atoms with Crippen LogP contribution in [-0.4, -0.2) is 25.0 Å². The van der Waals surface area contributed by atoms with Crippen LogP contribution in [-0.2, 0) is 0 Å². The van der Waals surface area contributed by atoms with Crippen molar-refractivity contribution in [1.82, 2.24) is 10.9 Å². The Morgan fingerprint density at radius 3 is 2.19 bits per heavy atom. The molecule has 6 nitrogen and oxygen atoms in total. The van der Waals surface area contributed by atoms with Crippen LogP contribution in [0.1, 0.15) is 47.4 Å². The maximum absolute atomic E-state index is 12.3. The lowest BCUT2D eigenvalue weighted by Gasteiger charge is -2.13. The summed E-state index contributed by atoms with van der Waals surface area (Å²) in [6.07, 6.45) is 1.98. The molecule has 2 N–H and O–H groups in total. The van der Waals surface area contributed by atoms with Gasteiger partial charge in [0.2, 0.25) is 0 Å². The standard InChI is InChI=1S/C20H24N2O4/c1-3-5-13-26-17-12-11-16(14-18(17)25-4-2)20(24)22-21-19(23)15-9-7-6-8-10-15/h6-12,14H,3-5,13H2,1-2H3,(H,21,23)(H,22,24). The van der Waals surface area contributed by atoms with E-state index in [9.17, 15) is 9.59 Å². The lowest BCUT2D eigenvalue weighted by Crippen LogP contribution is -2.41. The predicted molar refractivity (Wildman–Crippen MR) is 99.4 cm³/mol. The van der Waals surface area contributed by atoms with Crippen LogP contribution < -0.4 is 20.3 Å². The number of hydrazine groups is 1. The topological polar surface area (TPSA) is 76.7 Å². The van der Waals surface area contributed by atoms with E-state index in [1.807, 2.05) is 13.0 Å². The summed E-state index contributed by atoms with van der Waals surface area (Å²) in [6, 6.07) is 13.6. The summed E-state index contributed by atoms with van der Waals surface area (Å²) in [5.41, 5.74) is 5.62. The van der Waals surface area contributed by atoms with Gasteiger partial charge in [0, 0.05) is 11.1 Å².